The van der Waals surface area contributed by atoms with Gasteiger partial charge in [0.1, 0.15) is 5.01 Å². The van der Waals surface area contributed by atoms with E-state index < -0.39 is 0 Å². The lowest BCUT2D eigenvalue weighted by atomic mass is 10.1. The van der Waals surface area contributed by atoms with E-state index in [0.29, 0.717) is 12.1 Å². The highest BCUT2D eigenvalue weighted by molar-refractivity contribution is 7.11. The van der Waals surface area contributed by atoms with Gasteiger partial charge in [0.15, 0.2) is 5.96 Å². The molecular weight excluding hydrogens is 358 g/mol. The van der Waals surface area contributed by atoms with Gasteiger partial charge in [-0.15, -0.1) is 11.3 Å². The molecule has 1 aromatic carbocycles. The van der Waals surface area contributed by atoms with E-state index in [-0.39, 0.29) is 5.91 Å². The molecule has 0 aliphatic carbocycles. The summed E-state index contributed by atoms with van der Waals surface area (Å²) < 4.78 is 0. The maximum Gasteiger partial charge on any atom is 0.253 e. The lowest BCUT2D eigenvalue weighted by Crippen LogP contribution is -2.38. The van der Waals surface area contributed by atoms with Crippen LogP contribution in [0.4, 0.5) is 0 Å². The third kappa shape index (κ3) is 6.67. The maximum absolute atomic E-state index is 12.1. The Labute approximate surface area is 165 Å². The first-order chi connectivity index (χ1) is 13.0. The van der Waals surface area contributed by atoms with Crippen LogP contribution in [0.15, 0.2) is 35.5 Å². The van der Waals surface area contributed by atoms with Gasteiger partial charge in [0, 0.05) is 43.8 Å². The Bertz CT molecular complexity index is 769. The normalized spacial score (nSPS) is 11.3. The number of nitrogens with one attached hydrogen (secondary N) is 2. The maximum atomic E-state index is 12.1. The summed E-state index contributed by atoms with van der Waals surface area (Å²) in [4.78, 5) is 24.0. The van der Waals surface area contributed by atoms with Crippen LogP contribution < -0.4 is 10.6 Å². The number of nitrogens with zero attached hydrogens (tertiary/aromatic N) is 3. The van der Waals surface area contributed by atoms with Crippen molar-refractivity contribution in [3.63, 3.8) is 0 Å². The number of hydrogen-bond donors (Lipinski definition) is 2. The predicted octanol–water partition coefficient (Wildman–Crippen LogP) is 2.71. The molecule has 7 heteroatoms. The summed E-state index contributed by atoms with van der Waals surface area (Å²) in [5, 5.41) is 7.64. The Hall–Kier alpha value is -2.41. The van der Waals surface area contributed by atoms with E-state index in [2.05, 4.69) is 27.5 Å². The summed E-state index contributed by atoms with van der Waals surface area (Å²) in [5.74, 6) is 0.806. The van der Waals surface area contributed by atoms with Crippen molar-refractivity contribution in [3.05, 3.63) is 51.5 Å². The minimum atomic E-state index is 0.0228. The van der Waals surface area contributed by atoms with E-state index in [1.165, 1.54) is 4.88 Å². The van der Waals surface area contributed by atoms with Gasteiger partial charge in [-0.3, -0.25) is 4.79 Å². The van der Waals surface area contributed by atoms with Crippen LogP contribution in [-0.4, -0.2) is 48.9 Å². The predicted molar refractivity (Wildman–Crippen MR) is 112 cm³/mol. The number of thiazole rings is 1. The fraction of sp³-hybridized carbons (Fsp3) is 0.450. The summed E-state index contributed by atoms with van der Waals surface area (Å²) in [6, 6.07) is 7.78. The van der Waals surface area contributed by atoms with Crippen LogP contribution in [0.5, 0.6) is 0 Å². The Morgan fingerprint density at radius 3 is 2.74 bits per heavy atom. The quantitative estimate of drug-likeness (QED) is 0.540. The van der Waals surface area contributed by atoms with Crippen LogP contribution in [0, 0.1) is 0 Å². The van der Waals surface area contributed by atoms with Crippen molar-refractivity contribution in [3.8, 4) is 0 Å². The molecule has 2 aromatic rings. The topological polar surface area (TPSA) is 69.6 Å². The molecule has 2 N–H and O–H groups in total. The molecule has 0 radical (unpaired) electrons. The van der Waals surface area contributed by atoms with Gasteiger partial charge in [-0.2, -0.15) is 0 Å². The summed E-state index contributed by atoms with van der Waals surface area (Å²) >= 11 is 1.71. The summed E-state index contributed by atoms with van der Waals surface area (Å²) in [6.45, 7) is 6.30. The average Bonchev–Trinajstić information content (AvgIpc) is 3.13. The number of aryl methyl sites for hydroxylation is 1. The number of rotatable bonds is 8. The summed E-state index contributed by atoms with van der Waals surface area (Å²) in [6.07, 6.45) is 3.75. The molecule has 0 bridgehead atoms. The van der Waals surface area contributed by atoms with Crippen LogP contribution in [0.2, 0.25) is 0 Å². The zero-order valence-electron chi connectivity index (χ0n) is 16.6. The van der Waals surface area contributed by atoms with Gasteiger partial charge in [0.05, 0.1) is 6.54 Å². The smallest absolute Gasteiger partial charge is 0.253 e. The third-order valence-corrected chi connectivity index (χ3v) is 5.08. The largest absolute Gasteiger partial charge is 0.357 e. The van der Waals surface area contributed by atoms with E-state index in [1.807, 2.05) is 37.4 Å². The van der Waals surface area contributed by atoms with Gasteiger partial charge in [0.2, 0.25) is 0 Å². The van der Waals surface area contributed by atoms with Crippen molar-refractivity contribution < 1.29 is 4.79 Å². The fourth-order valence-electron chi connectivity index (χ4n) is 2.52. The second-order valence-corrected chi connectivity index (χ2v) is 7.55. The first-order valence-corrected chi connectivity index (χ1v) is 10.1. The standard InChI is InChI=1S/C20H29N5OS/c1-5-17-13-23-18(27-17)14-24-20(21-6-2)22-11-10-15-8-7-9-16(12-15)19(26)25(3)4/h7-9,12-13H,5-6,10-11,14H2,1-4H3,(H2,21,22,24). The zero-order chi connectivity index (χ0) is 19.6. The molecule has 6 nitrogen and oxygen atoms in total. The number of aromatic nitrogens is 1. The second kappa shape index (κ2) is 10.7. The first kappa shape index (κ1) is 20.9. The van der Waals surface area contributed by atoms with E-state index in [1.54, 1.807) is 30.3 Å². The van der Waals surface area contributed by atoms with Crippen molar-refractivity contribution in [1.82, 2.24) is 20.5 Å². The minimum Gasteiger partial charge on any atom is -0.357 e. The molecule has 0 saturated heterocycles. The molecule has 0 atom stereocenters. The third-order valence-electron chi connectivity index (χ3n) is 3.95. The number of benzene rings is 1. The monoisotopic (exact) mass is 387 g/mol. The van der Waals surface area contributed by atoms with Crippen LogP contribution >= 0.6 is 11.3 Å². The Balaban J connectivity index is 1.91. The van der Waals surface area contributed by atoms with E-state index in [0.717, 1.165) is 42.5 Å². The van der Waals surface area contributed by atoms with Crippen LogP contribution in [0.25, 0.3) is 0 Å². The molecule has 1 aromatic heterocycles. The fourth-order valence-corrected chi connectivity index (χ4v) is 3.30. The molecule has 2 rings (SSSR count). The van der Waals surface area contributed by atoms with Gasteiger partial charge in [-0.05, 0) is 37.5 Å². The summed E-state index contributed by atoms with van der Waals surface area (Å²) in [7, 11) is 3.53. The summed E-state index contributed by atoms with van der Waals surface area (Å²) in [5.41, 5.74) is 1.84. The molecule has 0 fully saturated rings. The van der Waals surface area contributed by atoms with Crippen LogP contribution in [0.1, 0.15) is 39.7 Å². The Morgan fingerprint density at radius 1 is 1.26 bits per heavy atom. The number of carbonyl (C=O) groups is 1. The SMILES string of the molecule is CCNC(=NCc1ncc(CC)s1)NCCc1cccc(C(=O)N(C)C)c1. The number of hydrogen-bond acceptors (Lipinski definition) is 4. The number of amides is 1. The molecular formula is C20H29N5OS. The van der Waals surface area contributed by atoms with Crippen LogP contribution in [-0.2, 0) is 19.4 Å². The number of aliphatic imine (C=N–C) groups is 1. The molecule has 146 valence electrons. The van der Waals surface area contributed by atoms with E-state index in [9.17, 15) is 4.79 Å². The highest BCUT2D eigenvalue weighted by atomic mass is 32.1. The molecule has 27 heavy (non-hydrogen) atoms. The lowest BCUT2D eigenvalue weighted by Gasteiger charge is -2.13. The lowest BCUT2D eigenvalue weighted by molar-refractivity contribution is 0.0827. The number of carbonyl (C=O) groups excluding carboxylic acids is 1. The highest BCUT2D eigenvalue weighted by Gasteiger charge is 2.08. The van der Waals surface area contributed by atoms with Crippen LogP contribution in [0.3, 0.4) is 0 Å². The van der Waals surface area contributed by atoms with Crippen molar-refractivity contribution >= 4 is 23.2 Å². The number of guanidine groups is 1. The van der Waals surface area contributed by atoms with Crippen molar-refractivity contribution in [1.29, 1.82) is 0 Å². The molecule has 1 amide bonds. The average molecular weight is 388 g/mol. The first-order valence-electron chi connectivity index (χ1n) is 9.29. The van der Waals surface area contributed by atoms with E-state index in [4.69, 9.17) is 0 Å². The van der Waals surface area contributed by atoms with Gasteiger partial charge >= 0.3 is 0 Å². The van der Waals surface area contributed by atoms with Crippen molar-refractivity contribution in [2.75, 3.05) is 27.2 Å². The Morgan fingerprint density at radius 2 is 2.07 bits per heavy atom. The molecule has 0 aliphatic heterocycles. The van der Waals surface area contributed by atoms with Crippen molar-refractivity contribution in [2.45, 2.75) is 33.2 Å². The highest BCUT2D eigenvalue weighted by Crippen LogP contribution is 2.14. The molecule has 0 saturated carbocycles. The van der Waals surface area contributed by atoms with Gasteiger partial charge < -0.3 is 15.5 Å². The second-order valence-electron chi connectivity index (χ2n) is 6.35. The minimum absolute atomic E-state index is 0.0228. The molecule has 0 spiro atoms. The van der Waals surface area contributed by atoms with E-state index >= 15 is 0 Å². The molecule has 0 unspecified atom stereocenters. The molecule has 0 aliphatic rings. The Kier molecular flexibility index (Phi) is 8.26. The zero-order valence-corrected chi connectivity index (χ0v) is 17.4. The van der Waals surface area contributed by atoms with Crippen molar-refractivity contribution in [2.24, 2.45) is 4.99 Å². The van der Waals surface area contributed by atoms with Gasteiger partial charge in [-0.25, -0.2) is 9.98 Å². The van der Waals surface area contributed by atoms with Gasteiger partial charge in [0.25, 0.3) is 5.91 Å². The molecule has 1 heterocycles. The van der Waals surface area contributed by atoms with Gasteiger partial charge in [-0.1, -0.05) is 19.1 Å².